The Balaban J connectivity index is 2.02. The zero-order valence-corrected chi connectivity index (χ0v) is 13.4. The Bertz CT molecular complexity index is 491. The molecule has 1 amide bonds. The highest BCUT2D eigenvalue weighted by molar-refractivity contribution is 6.42. The highest BCUT2D eigenvalue weighted by Gasteiger charge is 2.18. The van der Waals surface area contributed by atoms with Crippen LogP contribution in [0, 0.1) is 0 Å². The number of primary amides is 1. The lowest BCUT2D eigenvalue weighted by atomic mass is 9.92. The second-order valence-electron chi connectivity index (χ2n) is 5.28. The number of rotatable bonds is 6. The Morgan fingerprint density at radius 1 is 1.29 bits per heavy atom. The number of morpholine rings is 1. The number of nitrogens with two attached hydrogens (primary N) is 1. The van der Waals surface area contributed by atoms with Gasteiger partial charge in [0.05, 0.1) is 23.3 Å². The fourth-order valence-corrected chi connectivity index (χ4v) is 2.87. The number of hydrogen-bond acceptors (Lipinski definition) is 3. The summed E-state index contributed by atoms with van der Waals surface area (Å²) in [5.41, 5.74) is 6.39. The van der Waals surface area contributed by atoms with Crippen LogP contribution in [0.2, 0.25) is 10.0 Å². The molecule has 0 radical (unpaired) electrons. The molecule has 2 rings (SSSR count). The lowest BCUT2D eigenvalue weighted by molar-refractivity contribution is -0.118. The summed E-state index contributed by atoms with van der Waals surface area (Å²) in [6.45, 7) is 4.33. The third-order valence-electron chi connectivity index (χ3n) is 3.76. The molecule has 4 nitrogen and oxygen atoms in total. The SMILES string of the molecule is NC(=O)CC(CCN1CCOCC1)c1ccc(Cl)c(Cl)c1. The highest BCUT2D eigenvalue weighted by Crippen LogP contribution is 2.30. The van der Waals surface area contributed by atoms with E-state index in [2.05, 4.69) is 4.90 Å². The van der Waals surface area contributed by atoms with Crippen LogP contribution >= 0.6 is 23.2 Å². The minimum Gasteiger partial charge on any atom is -0.379 e. The first-order chi connectivity index (χ1) is 10.1. The summed E-state index contributed by atoms with van der Waals surface area (Å²) in [7, 11) is 0. The summed E-state index contributed by atoms with van der Waals surface area (Å²) in [5.74, 6) is -0.229. The molecule has 1 aromatic carbocycles. The number of halogens is 2. The van der Waals surface area contributed by atoms with Crippen molar-refractivity contribution in [3.05, 3.63) is 33.8 Å². The van der Waals surface area contributed by atoms with E-state index in [-0.39, 0.29) is 11.8 Å². The van der Waals surface area contributed by atoms with Gasteiger partial charge in [0.25, 0.3) is 0 Å². The lowest BCUT2D eigenvalue weighted by Gasteiger charge is -2.28. The van der Waals surface area contributed by atoms with Crippen LogP contribution in [0.25, 0.3) is 0 Å². The molecule has 1 aromatic rings. The Morgan fingerprint density at radius 3 is 2.62 bits per heavy atom. The molecule has 2 N–H and O–H groups in total. The van der Waals surface area contributed by atoms with E-state index in [1.165, 1.54) is 0 Å². The number of ether oxygens (including phenoxy) is 1. The Kier molecular flexibility index (Phi) is 6.30. The smallest absolute Gasteiger partial charge is 0.218 e. The second kappa shape index (κ2) is 7.99. The molecule has 1 atom stereocenters. The summed E-state index contributed by atoms with van der Waals surface area (Å²) in [6, 6.07) is 5.51. The van der Waals surface area contributed by atoms with E-state index in [9.17, 15) is 4.79 Å². The molecule has 21 heavy (non-hydrogen) atoms. The van der Waals surface area contributed by atoms with Crippen LogP contribution < -0.4 is 5.73 Å². The van der Waals surface area contributed by atoms with Gasteiger partial charge in [-0.25, -0.2) is 0 Å². The standard InChI is InChI=1S/C15H20Cl2N2O2/c16-13-2-1-11(9-14(13)17)12(10-15(18)20)3-4-19-5-7-21-8-6-19/h1-2,9,12H,3-8,10H2,(H2,18,20). The van der Waals surface area contributed by atoms with E-state index in [1.54, 1.807) is 6.07 Å². The molecule has 1 heterocycles. The van der Waals surface area contributed by atoms with Crippen molar-refractivity contribution in [1.82, 2.24) is 4.90 Å². The Hall–Kier alpha value is -0.810. The highest BCUT2D eigenvalue weighted by atomic mass is 35.5. The number of amides is 1. The number of carbonyl (C=O) groups excluding carboxylic acids is 1. The molecule has 1 fully saturated rings. The minimum absolute atomic E-state index is 0.0695. The molecule has 0 aromatic heterocycles. The van der Waals surface area contributed by atoms with Crippen LogP contribution in [-0.4, -0.2) is 43.7 Å². The van der Waals surface area contributed by atoms with Crippen molar-refractivity contribution in [1.29, 1.82) is 0 Å². The van der Waals surface area contributed by atoms with Crippen LogP contribution in [0.4, 0.5) is 0 Å². The molecule has 1 aliphatic heterocycles. The number of benzene rings is 1. The maximum absolute atomic E-state index is 11.3. The first-order valence-electron chi connectivity index (χ1n) is 7.09. The van der Waals surface area contributed by atoms with Crippen molar-refractivity contribution in [2.75, 3.05) is 32.8 Å². The van der Waals surface area contributed by atoms with Gasteiger partial charge in [0, 0.05) is 19.5 Å². The molecular weight excluding hydrogens is 311 g/mol. The molecule has 1 saturated heterocycles. The van der Waals surface area contributed by atoms with Crippen molar-refractivity contribution in [2.24, 2.45) is 5.73 Å². The molecule has 1 aliphatic rings. The van der Waals surface area contributed by atoms with Crippen molar-refractivity contribution < 1.29 is 9.53 Å². The van der Waals surface area contributed by atoms with Gasteiger partial charge in [-0.1, -0.05) is 29.3 Å². The topological polar surface area (TPSA) is 55.6 Å². The first-order valence-corrected chi connectivity index (χ1v) is 7.85. The molecule has 0 aliphatic carbocycles. The fraction of sp³-hybridized carbons (Fsp3) is 0.533. The van der Waals surface area contributed by atoms with Gasteiger partial charge in [0.15, 0.2) is 0 Å². The third-order valence-corrected chi connectivity index (χ3v) is 4.50. The summed E-state index contributed by atoms with van der Waals surface area (Å²) in [5, 5.41) is 1.03. The molecule has 0 saturated carbocycles. The third kappa shape index (κ3) is 5.15. The van der Waals surface area contributed by atoms with E-state index in [4.69, 9.17) is 33.7 Å². The summed E-state index contributed by atoms with van der Waals surface area (Å²) < 4.78 is 5.34. The maximum Gasteiger partial charge on any atom is 0.218 e. The second-order valence-corrected chi connectivity index (χ2v) is 6.10. The fourth-order valence-electron chi connectivity index (χ4n) is 2.56. The lowest BCUT2D eigenvalue weighted by Crippen LogP contribution is -2.37. The van der Waals surface area contributed by atoms with Crippen molar-refractivity contribution in [3.8, 4) is 0 Å². The van der Waals surface area contributed by atoms with Gasteiger partial charge < -0.3 is 10.5 Å². The Labute approximate surface area is 135 Å². The normalized spacial score (nSPS) is 17.6. The van der Waals surface area contributed by atoms with Crippen molar-refractivity contribution in [2.45, 2.75) is 18.8 Å². The quantitative estimate of drug-likeness (QED) is 0.872. The zero-order chi connectivity index (χ0) is 15.2. The van der Waals surface area contributed by atoms with Crippen LogP contribution in [0.3, 0.4) is 0 Å². The first kappa shape index (κ1) is 16.6. The predicted octanol–water partition coefficient (Wildman–Crippen LogP) is 2.67. The van der Waals surface area contributed by atoms with Crippen LogP contribution in [0.1, 0.15) is 24.3 Å². The van der Waals surface area contributed by atoms with Gasteiger partial charge >= 0.3 is 0 Å². The largest absolute Gasteiger partial charge is 0.379 e. The Morgan fingerprint density at radius 2 is 2.00 bits per heavy atom. The van der Waals surface area contributed by atoms with Crippen molar-refractivity contribution in [3.63, 3.8) is 0 Å². The number of nitrogens with zero attached hydrogens (tertiary/aromatic N) is 1. The van der Waals surface area contributed by atoms with Gasteiger partial charge in [-0.05, 0) is 36.6 Å². The van der Waals surface area contributed by atoms with Gasteiger partial charge in [-0.2, -0.15) is 0 Å². The van der Waals surface area contributed by atoms with E-state index in [1.807, 2.05) is 12.1 Å². The molecular formula is C15H20Cl2N2O2. The van der Waals surface area contributed by atoms with Crippen molar-refractivity contribution >= 4 is 29.1 Å². The molecule has 6 heteroatoms. The number of carbonyl (C=O) groups is 1. The molecule has 0 spiro atoms. The monoisotopic (exact) mass is 330 g/mol. The van der Waals surface area contributed by atoms with Gasteiger partial charge in [-0.15, -0.1) is 0 Å². The molecule has 0 bridgehead atoms. The maximum atomic E-state index is 11.3. The van der Waals surface area contributed by atoms with E-state index >= 15 is 0 Å². The predicted molar refractivity (Wildman–Crippen MR) is 84.9 cm³/mol. The average molecular weight is 331 g/mol. The minimum atomic E-state index is -0.298. The van der Waals surface area contributed by atoms with Crippen LogP contribution in [0.5, 0.6) is 0 Å². The van der Waals surface area contributed by atoms with Gasteiger partial charge in [0.1, 0.15) is 0 Å². The van der Waals surface area contributed by atoms with Gasteiger partial charge in [0.2, 0.25) is 5.91 Å². The summed E-state index contributed by atoms with van der Waals surface area (Å²) in [6.07, 6.45) is 1.18. The molecule has 1 unspecified atom stereocenters. The average Bonchev–Trinajstić information content (AvgIpc) is 2.47. The molecule has 116 valence electrons. The zero-order valence-electron chi connectivity index (χ0n) is 11.9. The summed E-state index contributed by atoms with van der Waals surface area (Å²) in [4.78, 5) is 13.7. The van der Waals surface area contributed by atoms with Crippen LogP contribution in [0.15, 0.2) is 18.2 Å². The number of hydrogen-bond donors (Lipinski definition) is 1. The van der Waals surface area contributed by atoms with E-state index in [0.29, 0.717) is 16.5 Å². The van der Waals surface area contributed by atoms with Gasteiger partial charge in [-0.3, -0.25) is 9.69 Å². The van der Waals surface area contributed by atoms with Crippen LogP contribution in [-0.2, 0) is 9.53 Å². The summed E-state index contributed by atoms with van der Waals surface area (Å²) >= 11 is 12.0. The van der Waals surface area contributed by atoms with E-state index in [0.717, 1.165) is 44.8 Å². The van der Waals surface area contributed by atoms with E-state index < -0.39 is 0 Å².